The Morgan fingerprint density at radius 2 is 2.05 bits per heavy atom. The standard InChI is InChI=1S/C11H15N3O2S3/c1-11(2,3)4-8-6-17-10(13-8)14-19(15,16)9-5-12-7-18-9/h5-7H,4H2,1-3H3,(H,13,14). The van der Waals surface area contributed by atoms with E-state index in [1.807, 2.05) is 5.38 Å². The van der Waals surface area contributed by atoms with Gasteiger partial charge in [-0.05, 0) is 11.8 Å². The van der Waals surface area contributed by atoms with E-state index in [2.05, 4.69) is 35.5 Å². The number of rotatable bonds is 4. The quantitative estimate of drug-likeness (QED) is 0.941. The summed E-state index contributed by atoms with van der Waals surface area (Å²) >= 11 is 2.38. The van der Waals surface area contributed by atoms with E-state index in [4.69, 9.17) is 0 Å². The lowest BCUT2D eigenvalue weighted by atomic mass is 9.91. The summed E-state index contributed by atoms with van der Waals surface area (Å²) in [7, 11) is -3.55. The van der Waals surface area contributed by atoms with Crippen molar-refractivity contribution < 1.29 is 8.42 Å². The number of hydrogen-bond donors (Lipinski definition) is 1. The molecule has 0 fully saturated rings. The van der Waals surface area contributed by atoms with Gasteiger partial charge in [-0.25, -0.2) is 13.4 Å². The number of nitrogens with one attached hydrogen (secondary N) is 1. The second-order valence-electron chi connectivity index (χ2n) is 5.31. The van der Waals surface area contributed by atoms with Gasteiger partial charge in [0.2, 0.25) is 0 Å². The lowest BCUT2D eigenvalue weighted by Gasteiger charge is -2.15. The molecule has 0 saturated heterocycles. The van der Waals surface area contributed by atoms with E-state index in [0.29, 0.717) is 5.13 Å². The van der Waals surface area contributed by atoms with Crippen molar-refractivity contribution in [3.8, 4) is 0 Å². The first kappa shape index (κ1) is 14.4. The zero-order valence-corrected chi connectivity index (χ0v) is 13.3. The molecule has 8 heteroatoms. The number of aromatic nitrogens is 2. The molecule has 5 nitrogen and oxygen atoms in total. The monoisotopic (exact) mass is 317 g/mol. The molecule has 0 spiro atoms. The van der Waals surface area contributed by atoms with E-state index >= 15 is 0 Å². The number of thiazole rings is 2. The summed E-state index contributed by atoms with van der Waals surface area (Å²) in [6.45, 7) is 6.36. The van der Waals surface area contributed by atoms with Crippen molar-refractivity contribution in [2.45, 2.75) is 31.4 Å². The maximum atomic E-state index is 12.0. The van der Waals surface area contributed by atoms with Crippen molar-refractivity contribution in [1.29, 1.82) is 0 Å². The molecule has 0 aliphatic heterocycles. The highest BCUT2D eigenvalue weighted by Gasteiger charge is 2.19. The molecule has 104 valence electrons. The highest BCUT2D eigenvalue weighted by atomic mass is 32.2. The first-order valence-corrected chi connectivity index (χ1v) is 8.86. The second-order valence-corrected chi connectivity index (χ2v) is 8.96. The van der Waals surface area contributed by atoms with Crippen LogP contribution >= 0.6 is 22.7 Å². The van der Waals surface area contributed by atoms with Gasteiger partial charge in [0.1, 0.15) is 0 Å². The highest BCUT2D eigenvalue weighted by molar-refractivity contribution is 7.94. The van der Waals surface area contributed by atoms with Crippen molar-refractivity contribution in [1.82, 2.24) is 9.97 Å². The molecule has 0 aromatic carbocycles. The molecule has 19 heavy (non-hydrogen) atoms. The van der Waals surface area contributed by atoms with Crippen molar-refractivity contribution in [3.63, 3.8) is 0 Å². The van der Waals surface area contributed by atoms with Crippen LogP contribution in [0.15, 0.2) is 21.3 Å². The average molecular weight is 317 g/mol. The fourth-order valence-corrected chi connectivity index (χ4v) is 4.24. The Kier molecular flexibility index (Phi) is 3.93. The summed E-state index contributed by atoms with van der Waals surface area (Å²) in [6, 6.07) is 0. The molecule has 2 heterocycles. The second kappa shape index (κ2) is 5.18. The third-order valence-electron chi connectivity index (χ3n) is 2.16. The Morgan fingerprint density at radius 1 is 1.32 bits per heavy atom. The Balaban J connectivity index is 2.13. The van der Waals surface area contributed by atoms with E-state index in [1.54, 1.807) is 0 Å². The van der Waals surface area contributed by atoms with Gasteiger partial charge in [-0.15, -0.1) is 22.7 Å². The summed E-state index contributed by atoms with van der Waals surface area (Å²) in [5.74, 6) is 0. The van der Waals surface area contributed by atoms with Crippen LogP contribution in [-0.4, -0.2) is 18.4 Å². The first-order chi connectivity index (χ1) is 8.76. The Morgan fingerprint density at radius 3 is 2.63 bits per heavy atom. The minimum Gasteiger partial charge on any atom is -0.254 e. The van der Waals surface area contributed by atoms with Gasteiger partial charge in [-0.3, -0.25) is 9.71 Å². The maximum Gasteiger partial charge on any atom is 0.274 e. The summed E-state index contributed by atoms with van der Waals surface area (Å²) < 4.78 is 26.6. The fourth-order valence-electron chi connectivity index (χ4n) is 1.48. The van der Waals surface area contributed by atoms with Gasteiger partial charge in [-0.1, -0.05) is 20.8 Å². The summed E-state index contributed by atoms with van der Waals surface area (Å²) in [4.78, 5) is 8.07. The van der Waals surface area contributed by atoms with Gasteiger partial charge in [0.25, 0.3) is 10.0 Å². The molecule has 1 N–H and O–H groups in total. The van der Waals surface area contributed by atoms with Crippen LogP contribution in [-0.2, 0) is 16.4 Å². The van der Waals surface area contributed by atoms with Gasteiger partial charge in [0.05, 0.1) is 17.4 Å². The van der Waals surface area contributed by atoms with Gasteiger partial charge < -0.3 is 0 Å². The lowest BCUT2D eigenvalue weighted by Crippen LogP contribution is -2.12. The van der Waals surface area contributed by atoms with E-state index in [9.17, 15) is 8.42 Å². The van der Waals surface area contributed by atoms with E-state index in [1.165, 1.54) is 23.0 Å². The summed E-state index contributed by atoms with van der Waals surface area (Å²) in [6.07, 6.45) is 2.14. The van der Waals surface area contributed by atoms with Crippen molar-refractivity contribution in [2.24, 2.45) is 5.41 Å². The molecule has 0 atom stereocenters. The minimum atomic E-state index is -3.55. The smallest absolute Gasteiger partial charge is 0.254 e. The molecule has 0 bridgehead atoms. The molecular formula is C11H15N3O2S3. The molecule has 2 aromatic heterocycles. The van der Waals surface area contributed by atoms with Crippen LogP contribution in [0.1, 0.15) is 26.5 Å². The van der Waals surface area contributed by atoms with E-state index < -0.39 is 10.0 Å². The molecule has 2 rings (SSSR count). The van der Waals surface area contributed by atoms with Crippen molar-refractivity contribution in [3.05, 3.63) is 22.8 Å². The molecular weight excluding hydrogens is 302 g/mol. The SMILES string of the molecule is CC(C)(C)Cc1csc(NS(=O)(=O)c2cncs2)n1. The first-order valence-electron chi connectivity index (χ1n) is 5.62. The Bertz CT molecular complexity index is 639. The third-order valence-corrected chi connectivity index (χ3v) is 5.70. The van der Waals surface area contributed by atoms with E-state index in [0.717, 1.165) is 23.5 Å². The molecule has 2 aromatic rings. The van der Waals surface area contributed by atoms with Gasteiger partial charge in [0.15, 0.2) is 9.34 Å². The van der Waals surface area contributed by atoms with Crippen LogP contribution in [0.2, 0.25) is 0 Å². The third kappa shape index (κ3) is 3.99. The summed E-state index contributed by atoms with van der Waals surface area (Å²) in [5.41, 5.74) is 2.52. The molecule has 0 aliphatic carbocycles. The average Bonchev–Trinajstić information content (AvgIpc) is 2.86. The van der Waals surface area contributed by atoms with Crippen molar-refractivity contribution in [2.75, 3.05) is 4.72 Å². The molecule has 0 aliphatic rings. The fraction of sp³-hybridized carbons (Fsp3) is 0.455. The van der Waals surface area contributed by atoms with Gasteiger partial charge in [0, 0.05) is 5.38 Å². The number of hydrogen-bond acceptors (Lipinski definition) is 6. The predicted molar refractivity (Wildman–Crippen MR) is 78.2 cm³/mol. The highest BCUT2D eigenvalue weighted by Crippen LogP contribution is 2.26. The van der Waals surface area contributed by atoms with Gasteiger partial charge >= 0.3 is 0 Å². The molecule has 0 amide bonds. The predicted octanol–water partition coefficient (Wildman–Crippen LogP) is 2.99. The number of nitrogens with zero attached hydrogens (tertiary/aromatic N) is 2. The molecule has 0 saturated carbocycles. The molecule has 0 unspecified atom stereocenters. The van der Waals surface area contributed by atoms with Gasteiger partial charge in [-0.2, -0.15) is 0 Å². The van der Waals surface area contributed by atoms with Crippen LogP contribution in [0.3, 0.4) is 0 Å². The van der Waals surface area contributed by atoms with Crippen LogP contribution < -0.4 is 4.72 Å². The van der Waals surface area contributed by atoms with Crippen LogP contribution in [0.5, 0.6) is 0 Å². The number of sulfonamides is 1. The lowest BCUT2D eigenvalue weighted by molar-refractivity contribution is 0.407. The van der Waals surface area contributed by atoms with Crippen LogP contribution in [0.4, 0.5) is 5.13 Å². The summed E-state index contributed by atoms with van der Waals surface area (Å²) in [5, 5.41) is 2.28. The zero-order chi connectivity index (χ0) is 14.1. The minimum absolute atomic E-state index is 0.127. The topological polar surface area (TPSA) is 72.0 Å². The number of anilines is 1. The van der Waals surface area contributed by atoms with Crippen LogP contribution in [0, 0.1) is 5.41 Å². The maximum absolute atomic E-state index is 12.0. The zero-order valence-electron chi connectivity index (χ0n) is 10.9. The largest absolute Gasteiger partial charge is 0.274 e. The van der Waals surface area contributed by atoms with Crippen molar-refractivity contribution >= 4 is 37.8 Å². The normalized spacial score (nSPS) is 12.6. The molecule has 0 radical (unpaired) electrons. The Labute approximate surface area is 120 Å². The Hall–Kier alpha value is -0.990. The van der Waals surface area contributed by atoms with Crippen LogP contribution in [0.25, 0.3) is 0 Å². The van der Waals surface area contributed by atoms with E-state index in [-0.39, 0.29) is 9.62 Å².